The van der Waals surface area contributed by atoms with Crippen LogP contribution in [0.1, 0.15) is 15.9 Å². The van der Waals surface area contributed by atoms with E-state index < -0.39 is 0 Å². The summed E-state index contributed by atoms with van der Waals surface area (Å²) >= 11 is 1.36. The Morgan fingerprint density at radius 1 is 1.18 bits per heavy atom. The van der Waals surface area contributed by atoms with Gasteiger partial charge in [0.2, 0.25) is 0 Å². The highest BCUT2D eigenvalue weighted by atomic mass is 32.2. The van der Waals surface area contributed by atoms with Crippen molar-refractivity contribution in [1.29, 1.82) is 0 Å². The molecule has 0 amide bonds. The molecule has 0 saturated heterocycles. The number of rotatable bonds is 3. The largest absolute Gasteiger partial charge is 0.298 e. The molecule has 0 spiro atoms. The van der Waals surface area contributed by atoms with Crippen molar-refractivity contribution in [1.82, 2.24) is 0 Å². The molecule has 0 bridgehead atoms. The molecule has 2 aromatic rings. The fraction of sp³-hybridized carbons (Fsp3) is 0.0714. The number of hydrogen-bond acceptors (Lipinski definition) is 2. The summed E-state index contributed by atoms with van der Waals surface area (Å²) in [5.41, 5.74) is 1.57. The number of halogens is 1. The zero-order valence-corrected chi connectivity index (χ0v) is 10.1. The summed E-state index contributed by atoms with van der Waals surface area (Å²) in [6, 6.07) is 12.1. The lowest BCUT2D eigenvalue weighted by molar-refractivity contribution is 0.112. The number of aryl methyl sites for hydroxylation is 1. The molecule has 0 heterocycles. The van der Waals surface area contributed by atoms with Gasteiger partial charge in [-0.25, -0.2) is 4.39 Å². The van der Waals surface area contributed by atoms with Crippen LogP contribution in [0.15, 0.2) is 52.3 Å². The van der Waals surface area contributed by atoms with Crippen LogP contribution in [0.5, 0.6) is 0 Å². The first-order valence-corrected chi connectivity index (χ1v) is 6.00. The van der Waals surface area contributed by atoms with Crippen molar-refractivity contribution < 1.29 is 9.18 Å². The van der Waals surface area contributed by atoms with E-state index >= 15 is 0 Å². The molecule has 1 nitrogen and oxygen atoms in total. The maximum atomic E-state index is 13.4. The molecule has 0 aromatic heterocycles. The molecule has 0 atom stereocenters. The van der Waals surface area contributed by atoms with Crippen LogP contribution >= 0.6 is 11.8 Å². The van der Waals surface area contributed by atoms with Crippen LogP contribution in [0.4, 0.5) is 4.39 Å². The van der Waals surface area contributed by atoms with Crippen LogP contribution in [0, 0.1) is 12.7 Å². The lowest BCUT2D eigenvalue weighted by atomic mass is 10.1. The Labute approximate surface area is 104 Å². The average molecular weight is 246 g/mol. The van der Waals surface area contributed by atoms with Crippen molar-refractivity contribution in [3.63, 3.8) is 0 Å². The molecular formula is C14H11FOS. The molecule has 0 fully saturated rings. The van der Waals surface area contributed by atoms with E-state index in [0.717, 1.165) is 16.7 Å². The van der Waals surface area contributed by atoms with Crippen LogP contribution in [-0.2, 0) is 0 Å². The van der Waals surface area contributed by atoms with E-state index in [0.29, 0.717) is 10.5 Å². The van der Waals surface area contributed by atoms with E-state index in [1.807, 2.05) is 19.1 Å². The van der Waals surface area contributed by atoms with Gasteiger partial charge in [-0.3, -0.25) is 4.79 Å². The number of carbonyl (C=O) groups is 1. The molecule has 0 N–H and O–H groups in total. The third-order valence-electron chi connectivity index (χ3n) is 2.43. The molecule has 86 valence electrons. The first-order chi connectivity index (χ1) is 8.20. The molecule has 0 unspecified atom stereocenters. The number of aldehydes is 1. The van der Waals surface area contributed by atoms with Gasteiger partial charge < -0.3 is 0 Å². The average Bonchev–Trinajstić information content (AvgIpc) is 2.32. The third-order valence-corrected chi connectivity index (χ3v) is 3.47. The second-order valence-corrected chi connectivity index (χ2v) is 4.78. The Kier molecular flexibility index (Phi) is 3.59. The van der Waals surface area contributed by atoms with E-state index in [9.17, 15) is 9.18 Å². The Bertz CT molecular complexity index is 552. The molecule has 0 aliphatic rings. The van der Waals surface area contributed by atoms with Gasteiger partial charge in [0.15, 0.2) is 0 Å². The Morgan fingerprint density at radius 2 is 1.94 bits per heavy atom. The summed E-state index contributed by atoms with van der Waals surface area (Å²) in [6.07, 6.45) is 0.826. The highest BCUT2D eigenvalue weighted by Gasteiger charge is 2.04. The third kappa shape index (κ3) is 2.74. The predicted octanol–water partition coefficient (Wildman–Crippen LogP) is 4.10. The Balaban J connectivity index is 2.28. The Hall–Kier alpha value is -1.61. The van der Waals surface area contributed by atoms with E-state index in [2.05, 4.69) is 0 Å². The van der Waals surface area contributed by atoms with Gasteiger partial charge in [-0.15, -0.1) is 0 Å². The fourth-order valence-electron chi connectivity index (χ4n) is 1.50. The van der Waals surface area contributed by atoms with Gasteiger partial charge in [-0.1, -0.05) is 30.0 Å². The SMILES string of the molecule is Cc1cc(Sc2ccccc2F)ccc1C=O. The smallest absolute Gasteiger partial charge is 0.150 e. The summed E-state index contributed by atoms with van der Waals surface area (Å²) in [7, 11) is 0. The highest BCUT2D eigenvalue weighted by molar-refractivity contribution is 7.99. The lowest BCUT2D eigenvalue weighted by Crippen LogP contribution is -1.86. The molecule has 2 rings (SSSR count). The summed E-state index contributed by atoms with van der Waals surface area (Å²) in [5, 5.41) is 0. The second kappa shape index (κ2) is 5.15. The molecule has 0 aliphatic heterocycles. The lowest BCUT2D eigenvalue weighted by Gasteiger charge is -2.05. The van der Waals surface area contributed by atoms with Gasteiger partial charge in [-0.05, 0) is 36.8 Å². The summed E-state index contributed by atoms with van der Waals surface area (Å²) in [5.74, 6) is -0.227. The van der Waals surface area contributed by atoms with Crippen molar-refractivity contribution in [3.8, 4) is 0 Å². The zero-order chi connectivity index (χ0) is 12.3. The zero-order valence-electron chi connectivity index (χ0n) is 9.31. The second-order valence-electron chi connectivity index (χ2n) is 3.67. The summed E-state index contributed by atoms with van der Waals surface area (Å²) in [4.78, 5) is 12.2. The van der Waals surface area contributed by atoms with Gasteiger partial charge in [0.05, 0.1) is 0 Å². The van der Waals surface area contributed by atoms with Gasteiger partial charge in [0.1, 0.15) is 12.1 Å². The first-order valence-electron chi connectivity index (χ1n) is 5.19. The van der Waals surface area contributed by atoms with Crippen LogP contribution in [0.2, 0.25) is 0 Å². The maximum Gasteiger partial charge on any atom is 0.150 e. The van der Waals surface area contributed by atoms with Crippen molar-refractivity contribution in [2.45, 2.75) is 16.7 Å². The number of carbonyl (C=O) groups excluding carboxylic acids is 1. The maximum absolute atomic E-state index is 13.4. The molecule has 0 radical (unpaired) electrons. The number of benzene rings is 2. The van der Waals surface area contributed by atoms with Crippen LogP contribution in [0.25, 0.3) is 0 Å². The highest BCUT2D eigenvalue weighted by Crippen LogP contribution is 2.30. The van der Waals surface area contributed by atoms with E-state index in [1.165, 1.54) is 17.8 Å². The first kappa shape index (κ1) is 11.9. The minimum Gasteiger partial charge on any atom is -0.298 e. The fourth-order valence-corrected chi connectivity index (χ4v) is 2.44. The molecule has 0 saturated carbocycles. The topological polar surface area (TPSA) is 17.1 Å². The van der Waals surface area contributed by atoms with Gasteiger partial charge >= 0.3 is 0 Å². The van der Waals surface area contributed by atoms with Crippen molar-refractivity contribution in [3.05, 3.63) is 59.4 Å². The van der Waals surface area contributed by atoms with E-state index in [-0.39, 0.29) is 5.82 Å². The quantitative estimate of drug-likeness (QED) is 0.758. The van der Waals surface area contributed by atoms with Crippen molar-refractivity contribution >= 4 is 18.0 Å². The predicted molar refractivity (Wildman–Crippen MR) is 67.1 cm³/mol. The molecule has 17 heavy (non-hydrogen) atoms. The monoisotopic (exact) mass is 246 g/mol. The van der Waals surface area contributed by atoms with Gasteiger partial charge in [-0.2, -0.15) is 0 Å². The summed E-state index contributed by atoms with van der Waals surface area (Å²) in [6.45, 7) is 1.87. The van der Waals surface area contributed by atoms with Crippen molar-refractivity contribution in [2.24, 2.45) is 0 Å². The molecule has 0 aliphatic carbocycles. The van der Waals surface area contributed by atoms with Crippen molar-refractivity contribution in [2.75, 3.05) is 0 Å². The van der Waals surface area contributed by atoms with Crippen LogP contribution < -0.4 is 0 Å². The normalized spacial score (nSPS) is 10.2. The molecule has 3 heteroatoms. The van der Waals surface area contributed by atoms with Crippen LogP contribution in [0.3, 0.4) is 0 Å². The molecular weight excluding hydrogens is 235 g/mol. The van der Waals surface area contributed by atoms with E-state index in [4.69, 9.17) is 0 Å². The molecule has 2 aromatic carbocycles. The van der Waals surface area contributed by atoms with Gasteiger partial charge in [0, 0.05) is 15.4 Å². The minimum absolute atomic E-state index is 0.227. The van der Waals surface area contributed by atoms with E-state index in [1.54, 1.807) is 24.3 Å². The standard InChI is InChI=1S/C14H11FOS/c1-10-8-12(7-6-11(10)9-16)17-14-5-3-2-4-13(14)15/h2-9H,1H3. The summed E-state index contributed by atoms with van der Waals surface area (Å²) < 4.78 is 13.4. The van der Waals surface area contributed by atoms with Gasteiger partial charge in [0.25, 0.3) is 0 Å². The number of hydrogen-bond donors (Lipinski definition) is 0. The Morgan fingerprint density at radius 3 is 2.59 bits per heavy atom. The minimum atomic E-state index is -0.227. The van der Waals surface area contributed by atoms with Crippen LogP contribution in [-0.4, -0.2) is 6.29 Å².